The number of amides is 2. The highest BCUT2D eigenvalue weighted by molar-refractivity contribution is 7.89. The summed E-state index contributed by atoms with van der Waals surface area (Å²) in [6, 6.07) is 13.1. The van der Waals surface area contributed by atoms with Gasteiger partial charge in [-0.2, -0.15) is 4.31 Å². The number of benzene rings is 2. The fourth-order valence-electron chi connectivity index (χ4n) is 4.39. The molecule has 2 amide bonds. The molecule has 4 rings (SSSR count). The Morgan fingerprint density at radius 1 is 1.06 bits per heavy atom. The minimum atomic E-state index is -3.64. The van der Waals surface area contributed by atoms with E-state index in [1.54, 1.807) is 36.4 Å². The van der Waals surface area contributed by atoms with E-state index in [1.807, 2.05) is 0 Å². The van der Waals surface area contributed by atoms with Crippen LogP contribution in [0.5, 0.6) is 5.75 Å². The molecule has 0 bridgehead atoms. The molecule has 0 saturated carbocycles. The quantitative estimate of drug-likeness (QED) is 0.575. The number of methoxy groups -OCH3 is 1. The molecular formula is C25H31N3O6S. The SMILES string of the molecule is COc1ccc(S(=O)(=O)N2CCC(C(=O)Nc3ccccc3C(=O)NCC3CCCO3)CC2)cc1. The van der Waals surface area contributed by atoms with Crippen molar-refractivity contribution >= 4 is 27.5 Å². The molecule has 2 aliphatic heterocycles. The maximum absolute atomic E-state index is 13.0. The third kappa shape index (κ3) is 6.01. The molecule has 10 heteroatoms. The lowest BCUT2D eigenvalue weighted by molar-refractivity contribution is -0.120. The number of rotatable bonds is 8. The van der Waals surface area contributed by atoms with E-state index in [1.165, 1.54) is 23.5 Å². The zero-order valence-corrected chi connectivity index (χ0v) is 20.6. The van der Waals surface area contributed by atoms with E-state index in [4.69, 9.17) is 9.47 Å². The van der Waals surface area contributed by atoms with Crippen molar-refractivity contribution in [1.29, 1.82) is 0 Å². The number of hydrogen-bond acceptors (Lipinski definition) is 6. The van der Waals surface area contributed by atoms with Gasteiger partial charge >= 0.3 is 0 Å². The minimum absolute atomic E-state index is 0.0279. The Morgan fingerprint density at radius 2 is 1.77 bits per heavy atom. The fraction of sp³-hybridized carbons (Fsp3) is 0.440. The van der Waals surface area contributed by atoms with Gasteiger partial charge in [0, 0.05) is 32.2 Å². The van der Waals surface area contributed by atoms with E-state index in [-0.39, 0.29) is 41.8 Å². The number of carbonyl (C=O) groups excluding carboxylic acids is 2. The third-order valence-electron chi connectivity index (χ3n) is 6.47. The van der Waals surface area contributed by atoms with Gasteiger partial charge in [-0.3, -0.25) is 9.59 Å². The van der Waals surface area contributed by atoms with Crippen LogP contribution in [0.1, 0.15) is 36.0 Å². The van der Waals surface area contributed by atoms with E-state index in [0.29, 0.717) is 43.0 Å². The number of piperidine rings is 1. The highest BCUT2D eigenvalue weighted by atomic mass is 32.2. The lowest BCUT2D eigenvalue weighted by Gasteiger charge is -2.30. The van der Waals surface area contributed by atoms with Gasteiger partial charge in [0.15, 0.2) is 0 Å². The molecule has 2 aromatic rings. The molecule has 2 aliphatic rings. The lowest BCUT2D eigenvalue weighted by Crippen LogP contribution is -2.41. The van der Waals surface area contributed by atoms with E-state index >= 15 is 0 Å². The van der Waals surface area contributed by atoms with Gasteiger partial charge in [0.2, 0.25) is 15.9 Å². The maximum atomic E-state index is 13.0. The van der Waals surface area contributed by atoms with Gasteiger partial charge in [-0.25, -0.2) is 8.42 Å². The molecule has 2 saturated heterocycles. The number of hydrogen-bond donors (Lipinski definition) is 2. The second kappa shape index (κ2) is 11.2. The van der Waals surface area contributed by atoms with Crippen LogP contribution in [0, 0.1) is 5.92 Å². The highest BCUT2D eigenvalue weighted by Gasteiger charge is 2.32. The first-order chi connectivity index (χ1) is 16.9. The van der Waals surface area contributed by atoms with Crippen LogP contribution in [0.3, 0.4) is 0 Å². The zero-order chi connectivity index (χ0) is 24.8. The highest BCUT2D eigenvalue weighted by Crippen LogP contribution is 2.26. The van der Waals surface area contributed by atoms with E-state index in [2.05, 4.69) is 10.6 Å². The number of anilines is 1. The Bertz CT molecular complexity index is 1140. The van der Waals surface area contributed by atoms with Crippen molar-refractivity contribution in [3.8, 4) is 5.75 Å². The van der Waals surface area contributed by atoms with Crippen LogP contribution in [0.4, 0.5) is 5.69 Å². The van der Waals surface area contributed by atoms with Gasteiger partial charge in [-0.15, -0.1) is 0 Å². The molecular weight excluding hydrogens is 470 g/mol. The standard InChI is InChI=1S/C25H31N3O6S/c1-33-19-8-10-21(11-9-19)35(31,32)28-14-12-18(13-15-28)24(29)27-23-7-3-2-6-22(23)25(30)26-17-20-5-4-16-34-20/h2-3,6-11,18,20H,4-5,12-17H2,1H3,(H,26,30)(H,27,29). The van der Waals surface area contributed by atoms with Crippen molar-refractivity contribution in [1.82, 2.24) is 9.62 Å². The second-order valence-corrected chi connectivity index (χ2v) is 10.7. The Kier molecular flexibility index (Phi) is 8.04. The summed E-state index contributed by atoms with van der Waals surface area (Å²) in [5, 5.41) is 5.76. The molecule has 2 aromatic carbocycles. The molecule has 2 N–H and O–H groups in total. The van der Waals surface area contributed by atoms with Crippen molar-refractivity contribution in [2.75, 3.05) is 38.7 Å². The van der Waals surface area contributed by atoms with Crippen molar-refractivity contribution in [2.45, 2.75) is 36.7 Å². The fourth-order valence-corrected chi connectivity index (χ4v) is 5.86. The van der Waals surface area contributed by atoms with Crippen LogP contribution in [0.25, 0.3) is 0 Å². The predicted octanol–water partition coefficient (Wildman–Crippen LogP) is 2.64. The van der Waals surface area contributed by atoms with Crippen LogP contribution in [0.2, 0.25) is 0 Å². The molecule has 9 nitrogen and oxygen atoms in total. The number of nitrogens with zero attached hydrogens (tertiary/aromatic N) is 1. The predicted molar refractivity (Wildman–Crippen MR) is 131 cm³/mol. The molecule has 0 aliphatic carbocycles. The summed E-state index contributed by atoms with van der Waals surface area (Å²) in [5.41, 5.74) is 0.828. The summed E-state index contributed by atoms with van der Waals surface area (Å²) in [6.45, 7) is 1.64. The summed E-state index contributed by atoms with van der Waals surface area (Å²) >= 11 is 0. The Labute approximate surface area is 205 Å². The van der Waals surface area contributed by atoms with Crippen LogP contribution >= 0.6 is 0 Å². The first-order valence-electron chi connectivity index (χ1n) is 11.8. The molecule has 0 aromatic heterocycles. The number of nitrogens with one attached hydrogen (secondary N) is 2. The van der Waals surface area contributed by atoms with Crippen molar-refractivity contribution < 1.29 is 27.5 Å². The second-order valence-electron chi connectivity index (χ2n) is 8.73. The lowest BCUT2D eigenvalue weighted by atomic mass is 9.97. The average molecular weight is 502 g/mol. The smallest absolute Gasteiger partial charge is 0.253 e. The largest absolute Gasteiger partial charge is 0.497 e. The van der Waals surface area contributed by atoms with E-state index < -0.39 is 10.0 Å². The number of sulfonamides is 1. The van der Waals surface area contributed by atoms with Crippen molar-refractivity contribution in [3.63, 3.8) is 0 Å². The molecule has 0 spiro atoms. The van der Waals surface area contributed by atoms with Crippen LogP contribution < -0.4 is 15.4 Å². The molecule has 2 fully saturated rings. The van der Waals surface area contributed by atoms with Crippen LogP contribution in [-0.4, -0.2) is 64.0 Å². The molecule has 2 heterocycles. The number of carbonyl (C=O) groups is 2. The average Bonchev–Trinajstić information content (AvgIpc) is 3.41. The van der Waals surface area contributed by atoms with Gasteiger partial charge in [-0.05, 0) is 62.1 Å². The van der Waals surface area contributed by atoms with Gasteiger partial charge < -0.3 is 20.1 Å². The van der Waals surface area contributed by atoms with E-state index in [9.17, 15) is 18.0 Å². The summed E-state index contributed by atoms with van der Waals surface area (Å²) in [4.78, 5) is 25.9. The number of para-hydroxylation sites is 1. The summed E-state index contributed by atoms with van der Waals surface area (Å²) < 4.78 is 38.0. The molecule has 1 unspecified atom stereocenters. The van der Waals surface area contributed by atoms with E-state index in [0.717, 1.165) is 12.8 Å². The van der Waals surface area contributed by atoms with Gasteiger partial charge in [-0.1, -0.05) is 12.1 Å². The third-order valence-corrected chi connectivity index (χ3v) is 8.38. The first-order valence-corrected chi connectivity index (χ1v) is 13.3. The maximum Gasteiger partial charge on any atom is 0.253 e. The zero-order valence-electron chi connectivity index (χ0n) is 19.7. The molecule has 35 heavy (non-hydrogen) atoms. The Hall–Kier alpha value is -2.95. The van der Waals surface area contributed by atoms with Crippen LogP contribution in [0.15, 0.2) is 53.4 Å². The van der Waals surface area contributed by atoms with Gasteiger partial charge in [0.05, 0.1) is 29.4 Å². The Balaban J connectivity index is 1.34. The van der Waals surface area contributed by atoms with Crippen molar-refractivity contribution in [3.05, 3.63) is 54.1 Å². The van der Waals surface area contributed by atoms with Crippen LogP contribution in [-0.2, 0) is 19.6 Å². The summed E-state index contributed by atoms with van der Waals surface area (Å²) in [5.74, 6) is -0.247. The van der Waals surface area contributed by atoms with Gasteiger partial charge in [0.25, 0.3) is 5.91 Å². The normalized spacial score (nSPS) is 19.3. The summed E-state index contributed by atoms with van der Waals surface area (Å²) in [6.07, 6.45) is 2.74. The molecule has 1 atom stereocenters. The minimum Gasteiger partial charge on any atom is -0.497 e. The van der Waals surface area contributed by atoms with Gasteiger partial charge in [0.1, 0.15) is 5.75 Å². The van der Waals surface area contributed by atoms with Crippen molar-refractivity contribution in [2.24, 2.45) is 5.92 Å². The topological polar surface area (TPSA) is 114 Å². The molecule has 188 valence electrons. The number of ether oxygens (including phenoxy) is 2. The summed E-state index contributed by atoms with van der Waals surface area (Å²) in [7, 11) is -2.12. The Morgan fingerprint density at radius 3 is 2.43 bits per heavy atom. The first kappa shape index (κ1) is 25.2. The monoisotopic (exact) mass is 501 g/mol. The molecule has 0 radical (unpaired) electrons.